The Morgan fingerprint density at radius 1 is 1.26 bits per heavy atom. The van der Waals surface area contributed by atoms with Gasteiger partial charge in [0, 0.05) is 25.1 Å². The Kier molecular flexibility index (Phi) is 4.48. The number of benzene rings is 1. The highest BCUT2D eigenvalue weighted by molar-refractivity contribution is 5.43. The summed E-state index contributed by atoms with van der Waals surface area (Å²) in [6.45, 7) is 6.23. The van der Waals surface area contributed by atoms with Crippen molar-refractivity contribution in [1.29, 1.82) is 0 Å². The predicted octanol–water partition coefficient (Wildman–Crippen LogP) is 2.56. The monoisotopic (exact) mass is 263 g/mol. The maximum Gasteiger partial charge on any atom is 0.124 e. The molecule has 1 aliphatic rings. The Bertz CT molecular complexity index is 410. The van der Waals surface area contributed by atoms with Crippen LogP contribution in [0.5, 0.6) is 5.75 Å². The van der Waals surface area contributed by atoms with Crippen molar-refractivity contribution in [3.8, 4) is 5.75 Å². The van der Waals surface area contributed by atoms with Crippen molar-refractivity contribution in [3.05, 3.63) is 28.8 Å². The molecule has 0 bridgehead atoms. The number of hydrogen-bond donors (Lipinski definition) is 2. The van der Waals surface area contributed by atoms with Gasteiger partial charge in [-0.05, 0) is 43.4 Å². The quantitative estimate of drug-likeness (QED) is 0.829. The second kappa shape index (κ2) is 5.93. The van der Waals surface area contributed by atoms with Crippen LogP contribution in [0, 0.1) is 19.3 Å². The third-order valence-electron chi connectivity index (χ3n) is 4.30. The van der Waals surface area contributed by atoms with E-state index >= 15 is 0 Å². The van der Waals surface area contributed by atoms with Gasteiger partial charge >= 0.3 is 0 Å². The van der Waals surface area contributed by atoms with Crippen LogP contribution < -0.4 is 10.1 Å². The van der Waals surface area contributed by atoms with Gasteiger partial charge in [0.05, 0.1) is 7.11 Å². The molecule has 2 rings (SSSR count). The molecule has 106 valence electrons. The molecule has 0 saturated heterocycles. The Balaban J connectivity index is 1.93. The van der Waals surface area contributed by atoms with Crippen LogP contribution in [0.25, 0.3) is 0 Å². The molecule has 2 N–H and O–H groups in total. The van der Waals surface area contributed by atoms with Crippen LogP contribution in [0.3, 0.4) is 0 Å². The molecule has 0 aliphatic heterocycles. The molecule has 0 radical (unpaired) electrons. The number of aryl methyl sites for hydroxylation is 2. The highest BCUT2D eigenvalue weighted by Crippen LogP contribution is 2.39. The smallest absolute Gasteiger partial charge is 0.124 e. The van der Waals surface area contributed by atoms with Crippen molar-refractivity contribution in [3.63, 3.8) is 0 Å². The Morgan fingerprint density at radius 2 is 1.89 bits per heavy atom. The van der Waals surface area contributed by atoms with Gasteiger partial charge in [0.25, 0.3) is 0 Å². The summed E-state index contributed by atoms with van der Waals surface area (Å²) in [5.41, 5.74) is 3.79. The van der Waals surface area contributed by atoms with E-state index in [-0.39, 0.29) is 5.41 Å². The van der Waals surface area contributed by atoms with E-state index < -0.39 is 0 Å². The SMILES string of the molecule is COc1c(C)cc(CNCC2(CO)CCC2)cc1C. The summed E-state index contributed by atoms with van der Waals surface area (Å²) in [7, 11) is 1.72. The predicted molar refractivity (Wildman–Crippen MR) is 77.5 cm³/mol. The summed E-state index contributed by atoms with van der Waals surface area (Å²) < 4.78 is 5.38. The fourth-order valence-electron chi connectivity index (χ4n) is 3.00. The highest BCUT2D eigenvalue weighted by atomic mass is 16.5. The zero-order chi connectivity index (χ0) is 13.9. The molecule has 0 amide bonds. The minimum absolute atomic E-state index is 0.149. The fraction of sp³-hybridized carbons (Fsp3) is 0.625. The van der Waals surface area contributed by atoms with Crippen LogP contribution in [0.1, 0.15) is 36.0 Å². The van der Waals surface area contributed by atoms with Crippen LogP contribution in [0.15, 0.2) is 12.1 Å². The summed E-state index contributed by atoms with van der Waals surface area (Å²) in [5, 5.41) is 12.9. The van der Waals surface area contributed by atoms with Crippen molar-refractivity contribution in [1.82, 2.24) is 5.32 Å². The lowest BCUT2D eigenvalue weighted by Crippen LogP contribution is -2.42. The normalized spacial score (nSPS) is 17.1. The first-order chi connectivity index (χ1) is 9.10. The number of nitrogens with one attached hydrogen (secondary N) is 1. The molecule has 0 aromatic heterocycles. The zero-order valence-electron chi connectivity index (χ0n) is 12.3. The van der Waals surface area contributed by atoms with Crippen molar-refractivity contribution in [2.45, 2.75) is 39.7 Å². The average Bonchev–Trinajstić information content (AvgIpc) is 2.32. The van der Waals surface area contributed by atoms with Crippen LogP contribution in [0.2, 0.25) is 0 Å². The van der Waals surface area contributed by atoms with E-state index in [2.05, 4.69) is 31.3 Å². The number of methoxy groups -OCH3 is 1. The summed E-state index contributed by atoms with van der Waals surface area (Å²) >= 11 is 0. The van der Waals surface area contributed by atoms with E-state index in [0.717, 1.165) is 31.7 Å². The minimum Gasteiger partial charge on any atom is -0.496 e. The Labute approximate surface area is 116 Å². The largest absolute Gasteiger partial charge is 0.496 e. The third kappa shape index (κ3) is 3.10. The molecule has 3 heteroatoms. The molecule has 1 aliphatic carbocycles. The zero-order valence-corrected chi connectivity index (χ0v) is 12.3. The molecular weight excluding hydrogens is 238 g/mol. The van der Waals surface area contributed by atoms with Gasteiger partial charge in [0.2, 0.25) is 0 Å². The lowest BCUT2D eigenvalue weighted by molar-refractivity contribution is 0.0445. The number of rotatable bonds is 6. The van der Waals surface area contributed by atoms with E-state index in [9.17, 15) is 5.11 Å². The first kappa shape index (κ1) is 14.4. The summed E-state index contributed by atoms with van der Waals surface area (Å²) in [5.74, 6) is 0.981. The first-order valence-electron chi connectivity index (χ1n) is 7.06. The van der Waals surface area contributed by atoms with Crippen molar-refractivity contribution >= 4 is 0 Å². The van der Waals surface area contributed by atoms with Crippen molar-refractivity contribution in [2.75, 3.05) is 20.3 Å². The molecule has 1 fully saturated rings. The molecule has 0 heterocycles. The van der Waals surface area contributed by atoms with Gasteiger partial charge in [-0.25, -0.2) is 0 Å². The van der Waals surface area contributed by atoms with Gasteiger partial charge in [-0.1, -0.05) is 18.6 Å². The van der Waals surface area contributed by atoms with Gasteiger partial charge in [0.1, 0.15) is 5.75 Å². The standard InChI is InChI=1S/C16H25NO2/c1-12-7-14(8-13(2)15(12)19-3)9-17-10-16(11-18)5-4-6-16/h7-8,17-18H,4-6,9-11H2,1-3H3. The van der Waals surface area contributed by atoms with Gasteiger partial charge < -0.3 is 15.2 Å². The van der Waals surface area contributed by atoms with Gasteiger partial charge in [-0.2, -0.15) is 0 Å². The molecule has 3 nitrogen and oxygen atoms in total. The van der Waals surface area contributed by atoms with Crippen molar-refractivity contribution < 1.29 is 9.84 Å². The van der Waals surface area contributed by atoms with E-state index in [1.54, 1.807) is 7.11 Å². The first-order valence-corrected chi connectivity index (χ1v) is 7.06. The molecule has 1 aromatic carbocycles. The fourth-order valence-corrected chi connectivity index (χ4v) is 3.00. The van der Waals surface area contributed by atoms with E-state index in [4.69, 9.17) is 4.74 Å². The van der Waals surface area contributed by atoms with E-state index in [1.165, 1.54) is 23.1 Å². The summed E-state index contributed by atoms with van der Waals surface area (Å²) in [6, 6.07) is 4.34. The average molecular weight is 263 g/mol. The second-order valence-electron chi connectivity index (χ2n) is 5.88. The topological polar surface area (TPSA) is 41.5 Å². The number of hydrogen-bond acceptors (Lipinski definition) is 3. The van der Waals surface area contributed by atoms with E-state index in [1.807, 2.05) is 0 Å². The molecule has 0 atom stereocenters. The van der Waals surface area contributed by atoms with Crippen LogP contribution >= 0.6 is 0 Å². The maximum atomic E-state index is 9.43. The van der Waals surface area contributed by atoms with Crippen LogP contribution in [-0.2, 0) is 6.54 Å². The van der Waals surface area contributed by atoms with E-state index in [0.29, 0.717) is 6.61 Å². The third-order valence-corrected chi connectivity index (χ3v) is 4.30. The van der Waals surface area contributed by atoms with Crippen molar-refractivity contribution in [2.24, 2.45) is 5.41 Å². The second-order valence-corrected chi connectivity index (χ2v) is 5.88. The number of aliphatic hydroxyl groups is 1. The molecule has 19 heavy (non-hydrogen) atoms. The van der Waals surface area contributed by atoms with Crippen LogP contribution in [0.4, 0.5) is 0 Å². The van der Waals surface area contributed by atoms with Crippen LogP contribution in [-0.4, -0.2) is 25.4 Å². The maximum absolute atomic E-state index is 9.43. The van der Waals surface area contributed by atoms with Gasteiger partial charge in [-0.15, -0.1) is 0 Å². The number of aliphatic hydroxyl groups excluding tert-OH is 1. The Morgan fingerprint density at radius 3 is 2.32 bits per heavy atom. The highest BCUT2D eigenvalue weighted by Gasteiger charge is 2.35. The lowest BCUT2D eigenvalue weighted by Gasteiger charge is -2.40. The summed E-state index contributed by atoms with van der Waals surface area (Å²) in [6.07, 6.45) is 3.55. The molecule has 1 aromatic rings. The molecular formula is C16H25NO2. The minimum atomic E-state index is 0.149. The molecule has 0 unspecified atom stereocenters. The molecule has 1 saturated carbocycles. The lowest BCUT2D eigenvalue weighted by atomic mass is 9.69. The van der Waals surface area contributed by atoms with Gasteiger partial charge in [0.15, 0.2) is 0 Å². The van der Waals surface area contributed by atoms with Gasteiger partial charge in [-0.3, -0.25) is 0 Å². The summed E-state index contributed by atoms with van der Waals surface area (Å²) in [4.78, 5) is 0. The number of ether oxygens (including phenoxy) is 1. The Hall–Kier alpha value is -1.06. The molecule has 0 spiro atoms.